The number of hydrogen-bond donors (Lipinski definition) is 0. The number of rotatable bonds is 7. The highest BCUT2D eigenvalue weighted by molar-refractivity contribution is 7.98. The Labute approximate surface area is 154 Å². The summed E-state index contributed by atoms with van der Waals surface area (Å²) in [5.74, 6) is 0. The molecule has 0 aliphatic carbocycles. The van der Waals surface area contributed by atoms with Crippen molar-refractivity contribution in [2.75, 3.05) is 6.26 Å². The van der Waals surface area contributed by atoms with Crippen LogP contribution in [0.25, 0.3) is 10.9 Å². The fourth-order valence-electron chi connectivity index (χ4n) is 3.06. The summed E-state index contributed by atoms with van der Waals surface area (Å²) in [6.07, 6.45) is 6.00. The van der Waals surface area contributed by atoms with Crippen molar-refractivity contribution in [2.24, 2.45) is 0 Å². The molecule has 132 valence electrons. The van der Waals surface area contributed by atoms with Crippen molar-refractivity contribution in [3.63, 3.8) is 0 Å². The molecule has 1 heterocycles. The number of benzene rings is 2. The van der Waals surface area contributed by atoms with Gasteiger partial charge in [-0.2, -0.15) is 0 Å². The highest BCUT2D eigenvalue weighted by Gasteiger charge is 2.22. The summed E-state index contributed by atoms with van der Waals surface area (Å²) in [5, 5.41) is 0.984. The SMILES string of the molecule is CCCCCc1cc2cc(SC)ccc2n1S(=O)(=O)c1ccccc1. The maximum atomic E-state index is 13.3. The zero-order valence-corrected chi connectivity index (χ0v) is 16.2. The van der Waals surface area contributed by atoms with Crippen LogP contribution in [-0.4, -0.2) is 18.6 Å². The molecule has 0 unspecified atom stereocenters. The van der Waals surface area contributed by atoms with Gasteiger partial charge in [0.05, 0.1) is 10.4 Å². The normalized spacial score (nSPS) is 11.9. The van der Waals surface area contributed by atoms with Crippen LogP contribution >= 0.6 is 11.8 Å². The molecule has 1 aromatic heterocycles. The Hall–Kier alpha value is -1.72. The maximum Gasteiger partial charge on any atom is 0.268 e. The first-order valence-corrected chi connectivity index (χ1v) is 11.2. The lowest BCUT2D eigenvalue weighted by Crippen LogP contribution is -2.15. The van der Waals surface area contributed by atoms with E-state index in [1.807, 2.05) is 30.5 Å². The van der Waals surface area contributed by atoms with Crippen molar-refractivity contribution in [1.82, 2.24) is 3.97 Å². The standard InChI is InChI=1S/C20H23NO2S2/c1-3-4-6-9-17-14-16-15-18(24-2)12-13-20(16)21(17)25(22,23)19-10-7-5-8-11-19/h5,7-8,10-15H,3-4,6,9H2,1-2H3. The summed E-state index contributed by atoms with van der Waals surface area (Å²) in [5.41, 5.74) is 1.62. The van der Waals surface area contributed by atoms with E-state index in [0.717, 1.165) is 47.2 Å². The van der Waals surface area contributed by atoms with Gasteiger partial charge in [0.2, 0.25) is 0 Å². The third kappa shape index (κ3) is 3.62. The first kappa shape index (κ1) is 18.1. The van der Waals surface area contributed by atoms with Crippen LogP contribution in [0.5, 0.6) is 0 Å². The Morgan fingerprint density at radius 2 is 1.76 bits per heavy atom. The Kier molecular flexibility index (Phi) is 5.54. The van der Waals surface area contributed by atoms with E-state index >= 15 is 0 Å². The third-order valence-corrected chi connectivity index (χ3v) is 6.86. The van der Waals surface area contributed by atoms with E-state index < -0.39 is 10.0 Å². The van der Waals surface area contributed by atoms with Gasteiger partial charge >= 0.3 is 0 Å². The zero-order valence-electron chi connectivity index (χ0n) is 14.6. The highest BCUT2D eigenvalue weighted by atomic mass is 32.2. The lowest BCUT2D eigenvalue weighted by Gasteiger charge is -2.12. The van der Waals surface area contributed by atoms with Gasteiger partial charge in [0.1, 0.15) is 0 Å². The summed E-state index contributed by atoms with van der Waals surface area (Å²) >= 11 is 1.67. The fourth-order valence-corrected chi connectivity index (χ4v) is 5.10. The number of unbranched alkanes of at least 4 members (excludes halogenated alkanes) is 2. The number of thioether (sulfide) groups is 1. The molecule has 0 spiro atoms. The van der Waals surface area contributed by atoms with Crippen LogP contribution < -0.4 is 0 Å². The van der Waals surface area contributed by atoms with Crippen molar-refractivity contribution in [2.45, 2.75) is 42.4 Å². The lowest BCUT2D eigenvalue weighted by atomic mass is 10.1. The van der Waals surface area contributed by atoms with Crippen LogP contribution in [0.15, 0.2) is 64.4 Å². The van der Waals surface area contributed by atoms with Gasteiger partial charge in [0, 0.05) is 16.0 Å². The average molecular weight is 374 g/mol. The molecule has 3 aromatic rings. The Morgan fingerprint density at radius 3 is 2.44 bits per heavy atom. The molecule has 0 amide bonds. The van der Waals surface area contributed by atoms with E-state index in [2.05, 4.69) is 13.0 Å². The Morgan fingerprint density at radius 1 is 1.00 bits per heavy atom. The fraction of sp³-hybridized carbons (Fsp3) is 0.300. The number of hydrogen-bond acceptors (Lipinski definition) is 3. The molecule has 3 nitrogen and oxygen atoms in total. The predicted molar refractivity (Wildman–Crippen MR) is 106 cm³/mol. The van der Waals surface area contributed by atoms with E-state index in [-0.39, 0.29) is 0 Å². The molecule has 3 rings (SSSR count). The molecule has 0 fully saturated rings. The highest BCUT2D eigenvalue weighted by Crippen LogP contribution is 2.29. The van der Waals surface area contributed by atoms with Crippen molar-refractivity contribution in [3.05, 3.63) is 60.3 Å². The monoisotopic (exact) mass is 373 g/mol. The summed E-state index contributed by atoms with van der Waals surface area (Å²) in [6.45, 7) is 2.15. The number of aromatic nitrogens is 1. The van der Waals surface area contributed by atoms with E-state index in [1.54, 1.807) is 36.0 Å². The van der Waals surface area contributed by atoms with Gasteiger partial charge in [-0.3, -0.25) is 0 Å². The van der Waals surface area contributed by atoms with Crippen LogP contribution in [0.1, 0.15) is 31.9 Å². The van der Waals surface area contributed by atoms with Crippen molar-refractivity contribution in [3.8, 4) is 0 Å². The van der Waals surface area contributed by atoms with Gasteiger partial charge in [-0.05, 0) is 55.5 Å². The average Bonchev–Trinajstić information content (AvgIpc) is 3.00. The molecule has 0 aliphatic rings. The lowest BCUT2D eigenvalue weighted by molar-refractivity contribution is 0.585. The molecule has 0 radical (unpaired) electrons. The molecule has 25 heavy (non-hydrogen) atoms. The molecular weight excluding hydrogens is 350 g/mol. The molecule has 0 saturated heterocycles. The van der Waals surface area contributed by atoms with E-state index in [9.17, 15) is 8.42 Å². The van der Waals surface area contributed by atoms with E-state index in [1.165, 1.54) is 3.97 Å². The number of fused-ring (bicyclic) bond motifs is 1. The molecule has 5 heteroatoms. The molecule has 2 aromatic carbocycles. The van der Waals surface area contributed by atoms with Gasteiger partial charge in [-0.1, -0.05) is 38.0 Å². The minimum Gasteiger partial charge on any atom is -0.238 e. The molecule has 0 atom stereocenters. The molecule has 0 aliphatic heterocycles. The summed E-state index contributed by atoms with van der Waals surface area (Å²) in [7, 11) is -3.60. The first-order chi connectivity index (χ1) is 12.1. The quantitative estimate of drug-likeness (QED) is 0.415. The van der Waals surface area contributed by atoms with Crippen LogP contribution in [0.3, 0.4) is 0 Å². The second-order valence-corrected chi connectivity index (χ2v) is 8.77. The van der Waals surface area contributed by atoms with E-state index in [0.29, 0.717) is 4.90 Å². The van der Waals surface area contributed by atoms with Crippen molar-refractivity contribution in [1.29, 1.82) is 0 Å². The van der Waals surface area contributed by atoms with Crippen LogP contribution in [0.2, 0.25) is 0 Å². The van der Waals surface area contributed by atoms with Crippen LogP contribution in [0, 0.1) is 0 Å². The van der Waals surface area contributed by atoms with Gasteiger partial charge in [0.25, 0.3) is 10.0 Å². The molecule has 0 bridgehead atoms. The smallest absolute Gasteiger partial charge is 0.238 e. The third-order valence-electron chi connectivity index (χ3n) is 4.35. The Balaban J connectivity index is 2.18. The van der Waals surface area contributed by atoms with Gasteiger partial charge in [-0.15, -0.1) is 11.8 Å². The second kappa shape index (κ2) is 7.67. The van der Waals surface area contributed by atoms with Crippen molar-refractivity contribution >= 4 is 32.7 Å². The van der Waals surface area contributed by atoms with Crippen molar-refractivity contribution < 1.29 is 8.42 Å². The topological polar surface area (TPSA) is 39.1 Å². The number of nitrogens with zero attached hydrogens (tertiary/aromatic N) is 1. The zero-order chi connectivity index (χ0) is 17.9. The van der Waals surface area contributed by atoms with Gasteiger partial charge in [0.15, 0.2) is 0 Å². The minimum absolute atomic E-state index is 0.332. The number of aryl methyl sites for hydroxylation is 1. The second-order valence-electron chi connectivity index (χ2n) is 6.10. The molecule has 0 saturated carbocycles. The Bertz CT molecular complexity index is 960. The summed E-state index contributed by atoms with van der Waals surface area (Å²) in [6, 6.07) is 16.7. The largest absolute Gasteiger partial charge is 0.268 e. The summed E-state index contributed by atoms with van der Waals surface area (Å²) < 4.78 is 28.1. The molecule has 0 N–H and O–H groups in total. The van der Waals surface area contributed by atoms with Gasteiger partial charge in [-0.25, -0.2) is 12.4 Å². The van der Waals surface area contributed by atoms with Crippen LogP contribution in [-0.2, 0) is 16.4 Å². The predicted octanol–water partition coefficient (Wildman–Crippen LogP) is 5.33. The van der Waals surface area contributed by atoms with E-state index in [4.69, 9.17) is 0 Å². The van der Waals surface area contributed by atoms with Crippen LogP contribution in [0.4, 0.5) is 0 Å². The minimum atomic E-state index is -3.60. The molecular formula is C20H23NO2S2. The first-order valence-electron chi connectivity index (χ1n) is 8.57. The van der Waals surface area contributed by atoms with Gasteiger partial charge < -0.3 is 0 Å². The maximum absolute atomic E-state index is 13.3. The summed E-state index contributed by atoms with van der Waals surface area (Å²) in [4.78, 5) is 1.47.